The number of rotatable bonds is 4. The van der Waals surface area contributed by atoms with Gasteiger partial charge >= 0.3 is 0 Å². The van der Waals surface area contributed by atoms with E-state index >= 15 is 0 Å². The molecule has 1 aliphatic rings. The minimum Gasteiger partial charge on any atom is -0.497 e. The number of ether oxygens (including phenoxy) is 1. The average molecular weight is 432 g/mol. The zero-order valence-corrected chi connectivity index (χ0v) is 16.7. The van der Waals surface area contributed by atoms with Gasteiger partial charge in [0.05, 0.1) is 18.7 Å². The van der Waals surface area contributed by atoms with Gasteiger partial charge in [0.25, 0.3) is 5.91 Å². The van der Waals surface area contributed by atoms with Crippen LogP contribution < -0.4 is 20.7 Å². The zero-order chi connectivity index (χ0) is 18.7. The Morgan fingerprint density at radius 1 is 1.23 bits per heavy atom. The number of amides is 1. The molecule has 26 heavy (non-hydrogen) atoms. The number of nitrogens with one attached hydrogen (secondary N) is 3. The van der Waals surface area contributed by atoms with Crippen molar-refractivity contribution in [1.29, 1.82) is 0 Å². The van der Waals surface area contributed by atoms with Gasteiger partial charge < -0.3 is 20.7 Å². The van der Waals surface area contributed by atoms with Crippen molar-refractivity contribution >= 4 is 44.9 Å². The molecular formula is C19H18BrN3O2S. The third-order valence-electron chi connectivity index (χ3n) is 4.04. The molecule has 0 radical (unpaired) electrons. The quantitative estimate of drug-likeness (QED) is 0.640. The summed E-state index contributed by atoms with van der Waals surface area (Å²) in [5.74, 6) is 0.477. The van der Waals surface area contributed by atoms with Gasteiger partial charge in [-0.3, -0.25) is 4.79 Å². The normalized spacial score (nSPS) is 16.6. The number of hydrogen-bond donors (Lipinski definition) is 3. The highest BCUT2D eigenvalue weighted by molar-refractivity contribution is 9.10. The first kappa shape index (κ1) is 18.4. The number of carbonyl (C=O) groups excluding carboxylic acids is 1. The summed E-state index contributed by atoms with van der Waals surface area (Å²) < 4.78 is 6.18. The van der Waals surface area contributed by atoms with E-state index in [0.29, 0.717) is 22.1 Å². The molecule has 1 atom stereocenters. The maximum atomic E-state index is 13.0. The van der Waals surface area contributed by atoms with E-state index in [-0.39, 0.29) is 11.9 Å². The van der Waals surface area contributed by atoms with Crippen LogP contribution in [0.1, 0.15) is 18.5 Å². The van der Waals surface area contributed by atoms with Crippen molar-refractivity contribution in [3.63, 3.8) is 0 Å². The van der Waals surface area contributed by atoms with Gasteiger partial charge in [-0.25, -0.2) is 0 Å². The first-order valence-electron chi connectivity index (χ1n) is 7.97. The van der Waals surface area contributed by atoms with Crippen LogP contribution in [0.3, 0.4) is 0 Å². The highest BCUT2D eigenvalue weighted by atomic mass is 79.9. The summed E-state index contributed by atoms with van der Waals surface area (Å²) in [6.07, 6.45) is 0. The van der Waals surface area contributed by atoms with Crippen molar-refractivity contribution in [2.75, 3.05) is 12.4 Å². The molecular weight excluding hydrogens is 414 g/mol. The van der Waals surface area contributed by atoms with Gasteiger partial charge in [0.2, 0.25) is 0 Å². The summed E-state index contributed by atoms with van der Waals surface area (Å²) in [6, 6.07) is 14.7. The summed E-state index contributed by atoms with van der Waals surface area (Å²) in [4.78, 5) is 13.0. The lowest BCUT2D eigenvalue weighted by atomic mass is 9.95. The number of methoxy groups -OCH3 is 1. The maximum absolute atomic E-state index is 13.0. The molecule has 3 rings (SSSR count). The number of thiocarbonyl (C=S) groups is 1. The van der Waals surface area contributed by atoms with E-state index in [0.717, 1.165) is 15.7 Å². The number of carbonyl (C=O) groups is 1. The smallest absolute Gasteiger partial charge is 0.255 e. The highest BCUT2D eigenvalue weighted by Crippen LogP contribution is 2.29. The van der Waals surface area contributed by atoms with Crippen molar-refractivity contribution in [2.45, 2.75) is 13.0 Å². The third-order valence-corrected chi connectivity index (χ3v) is 4.79. The third kappa shape index (κ3) is 4.05. The number of halogens is 1. The molecule has 2 aromatic rings. The Kier molecular flexibility index (Phi) is 5.58. The topological polar surface area (TPSA) is 62.4 Å². The molecule has 1 aliphatic heterocycles. The predicted molar refractivity (Wildman–Crippen MR) is 110 cm³/mol. The Labute approximate surface area is 165 Å². The number of hydrogen-bond acceptors (Lipinski definition) is 3. The Bertz CT molecular complexity index is 881. The van der Waals surface area contributed by atoms with Gasteiger partial charge in [0, 0.05) is 21.9 Å². The van der Waals surface area contributed by atoms with Crippen LogP contribution in [0.5, 0.6) is 5.75 Å². The van der Waals surface area contributed by atoms with Gasteiger partial charge in [-0.05, 0) is 49.0 Å². The SMILES string of the molecule is COc1cccc(NC(=O)C2=C(C)NC(=S)NC2c2ccc(Br)cc2)c1. The van der Waals surface area contributed by atoms with E-state index in [1.54, 1.807) is 13.2 Å². The number of anilines is 1. The standard InChI is InChI=1S/C19H18BrN3O2S/c1-11-16(18(24)22-14-4-3-5-15(10-14)25-2)17(23-19(26)21-11)12-6-8-13(20)9-7-12/h3-10,17H,1-2H3,(H,22,24)(H2,21,23,26). The molecule has 3 N–H and O–H groups in total. The molecule has 0 bridgehead atoms. The second kappa shape index (κ2) is 7.88. The van der Waals surface area contributed by atoms with Gasteiger partial charge in [-0.15, -0.1) is 0 Å². The molecule has 0 spiro atoms. The monoisotopic (exact) mass is 431 g/mol. The first-order valence-corrected chi connectivity index (χ1v) is 9.17. The zero-order valence-electron chi connectivity index (χ0n) is 14.3. The molecule has 5 nitrogen and oxygen atoms in total. The largest absolute Gasteiger partial charge is 0.497 e. The lowest BCUT2D eigenvalue weighted by Crippen LogP contribution is -2.45. The second-order valence-electron chi connectivity index (χ2n) is 5.81. The molecule has 0 aromatic heterocycles. The minimum atomic E-state index is -0.331. The van der Waals surface area contributed by atoms with Crippen LogP contribution in [0.25, 0.3) is 0 Å². The molecule has 0 saturated carbocycles. The number of allylic oxidation sites excluding steroid dienone is 1. The first-order chi connectivity index (χ1) is 12.5. The average Bonchev–Trinajstić information content (AvgIpc) is 2.61. The fraction of sp³-hybridized carbons (Fsp3) is 0.158. The van der Waals surface area contributed by atoms with Crippen LogP contribution in [-0.2, 0) is 4.79 Å². The fourth-order valence-corrected chi connectivity index (χ4v) is 3.33. The highest BCUT2D eigenvalue weighted by Gasteiger charge is 2.29. The Morgan fingerprint density at radius 3 is 2.65 bits per heavy atom. The molecule has 0 aliphatic carbocycles. The molecule has 2 aromatic carbocycles. The van der Waals surface area contributed by atoms with Crippen molar-refractivity contribution in [1.82, 2.24) is 10.6 Å². The summed E-state index contributed by atoms with van der Waals surface area (Å²) >= 11 is 8.71. The van der Waals surface area contributed by atoms with Crippen molar-refractivity contribution in [3.8, 4) is 5.75 Å². The summed E-state index contributed by atoms with van der Waals surface area (Å²) in [6.45, 7) is 1.85. The van der Waals surface area contributed by atoms with Crippen LogP contribution in [0, 0.1) is 0 Å². The van der Waals surface area contributed by atoms with Crippen LogP contribution in [0.2, 0.25) is 0 Å². The molecule has 0 saturated heterocycles. The Hall–Kier alpha value is -2.38. The molecule has 1 amide bonds. The van der Waals surface area contributed by atoms with E-state index in [9.17, 15) is 4.79 Å². The molecule has 0 fully saturated rings. The van der Waals surface area contributed by atoms with Crippen molar-refractivity contribution in [3.05, 3.63) is 69.8 Å². The maximum Gasteiger partial charge on any atom is 0.255 e. The van der Waals surface area contributed by atoms with E-state index in [1.807, 2.05) is 49.4 Å². The van der Waals surface area contributed by atoms with Crippen LogP contribution in [0.4, 0.5) is 5.69 Å². The molecule has 134 valence electrons. The van der Waals surface area contributed by atoms with E-state index in [4.69, 9.17) is 17.0 Å². The summed E-state index contributed by atoms with van der Waals surface area (Å²) in [5, 5.41) is 9.65. The van der Waals surface area contributed by atoms with Gasteiger partial charge in [0.1, 0.15) is 5.75 Å². The summed E-state index contributed by atoms with van der Waals surface area (Å²) in [5.41, 5.74) is 2.93. The lowest BCUT2D eigenvalue weighted by Gasteiger charge is -2.30. The Morgan fingerprint density at radius 2 is 1.96 bits per heavy atom. The minimum absolute atomic E-state index is 0.203. The van der Waals surface area contributed by atoms with Crippen molar-refractivity contribution < 1.29 is 9.53 Å². The van der Waals surface area contributed by atoms with Crippen LogP contribution >= 0.6 is 28.1 Å². The van der Waals surface area contributed by atoms with Crippen LogP contribution in [0.15, 0.2) is 64.3 Å². The number of benzene rings is 2. The Balaban J connectivity index is 1.92. The molecule has 1 heterocycles. The fourth-order valence-electron chi connectivity index (χ4n) is 2.80. The van der Waals surface area contributed by atoms with Gasteiger partial charge in [0.15, 0.2) is 5.11 Å². The van der Waals surface area contributed by atoms with Crippen molar-refractivity contribution in [2.24, 2.45) is 0 Å². The van der Waals surface area contributed by atoms with Gasteiger partial charge in [-0.2, -0.15) is 0 Å². The second-order valence-corrected chi connectivity index (χ2v) is 7.13. The van der Waals surface area contributed by atoms with Gasteiger partial charge in [-0.1, -0.05) is 34.1 Å². The predicted octanol–water partition coefficient (Wildman–Crippen LogP) is 3.89. The van der Waals surface area contributed by atoms with E-state index in [2.05, 4.69) is 31.9 Å². The molecule has 1 unspecified atom stereocenters. The van der Waals surface area contributed by atoms with E-state index in [1.165, 1.54) is 0 Å². The molecule has 7 heteroatoms. The lowest BCUT2D eigenvalue weighted by molar-refractivity contribution is -0.113. The van der Waals surface area contributed by atoms with E-state index < -0.39 is 0 Å². The van der Waals surface area contributed by atoms with Crippen LogP contribution in [-0.4, -0.2) is 18.1 Å². The summed E-state index contributed by atoms with van der Waals surface area (Å²) in [7, 11) is 1.59.